The van der Waals surface area contributed by atoms with Crippen LogP contribution in [0.2, 0.25) is 0 Å². The van der Waals surface area contributed by atoms with Crippen molar-refractivity contribution >= 4 is 18.3 Å². The predicted molar refractivity (Wildman–Crippen MR) is 96.9 cm³/mol. The molecule has 1 N–H and O–H groups in total. The van der Waals surface area contributed by atoms with Gasteiger partial charge < -0.3 is 14.4 Å². The van der Waals surface area contributed by atoms with Gasteiger partial charge in [0, 0.05) is 6.54 Å². The summed E-state index contributed by atoms with van der Waals surface area (Å²) < 4.78 is 12.2. The molecule has 0 radical (unpaired) electrons. The van der Waals surface area contributed by atoms with E-state index in [1.807, 2.05) is 38.4 Å². The number of H-pyrrole nitrogens is 1. The number of hydrogen-bond donors (Lipinski definition) is 2. The number of rotatable bonds is 6. The number of aromatic amines is 1. The summed E-state index contributed by atoms with van der Waals surface area (Å²) in [6, 6.07) is 7.49. The number of nitrogens with one attached hydrogen (secondary N) is 1. The molecule has 0 aliphatic carbocycles. The molecule has 2 aromatic heterocycles. The van der Waals surface area contributed by atoms with Crippen molar-refractivity contribution in [1.82, 2.24) is 24.5 Å². The van der Waals surface area contributed by atoms with Gasteiger partial charge in [-0.3, -0.25) is 4.98 Å². The zero-order chi connectivity index (χ0) is 18.0. The maximum absolute atomic E-state index is 12.0. The van der Waals surface area contributed by atoms with Crippen LogP contribution in [0.3, 0.4) is 0 Å². The first-order valence-electron chi connectivity index (χ1n) is 7.63. The first-order chi connectivity index (χ1) is 12.0. The summed E-state index contributed by atoms with van der Waals surface area (Å²) in [5.74, 6) is 1.08. The van der Waals surface area contributed by atoms with Crippen LogP contribution < -0.4 is 15.2 Å². The second-order valence-corrected chi connectivity index (χ2v) is 6.08. The third-order valence-corrected chi connectivity index (χ3v) is 3.81. The van der Waals surface area contributed by atoms with Crippen LogP contribution in [-0.4, -0.2) is 58.8 Å². The smallest absolute Gasteiger partial charge is 0.350 e. The minimum atomic E-state index is -0.428. The molecule has 0 saturated heterocycles. The van der Waals surface area contributed by atoms with Crippen molar-refractivity contribution in [3.8, 4) is 22.8 Å². The Morgan fingerprint density at radius 3 is 2.64 bits per heavy atom. The van der Waals surface area contributed by atoms with E-state index >= 15 is 0 Å². The van der Waals surface area contributed by atoms with Crippen molar-refractivity contribution in [2.75, 3.05) is 34.4 Å². The van der Waals surface area contributed by atoms with Gasteiger partial charge in [0.1, 0.15) is 12.4 Å². The van der Waals surface area contributed by atoms with E-state index < -0.39 is 5.69 Å². The number of fused-ring (bicyclic) bond motifs is 1. The van der Waals surface area contributed by atoms with Gasteiger partial charge in [-0.15, -0.1) is 17.7 Å². The summed E-state index contributed by atoms with van der Waals surface area (Å²) in [5, 5.41) is 4.37. The molecule has 1 aromatic carbocycles. The van der Waals surface area contributed by atoms with Gasteiger partial charge in [0.2, 0.25) is 5.88 Å². The van der Waals surface area contributed by atoms with Gasteiger partial charge in [0.25, 0.3) is 0 Å². The van der Waals surface area contributed by atoms with E-state index in [1.54, 1.807) is 0 Å². The Balaban J connectivity index is 1.97. The fourth-order valence-electron chi connectivity index (χ4n) is 2.37. The highest BCUT2D eigenvalue weighted by molar-refractivity contribution is 7.80. The Labute approximate surface area is 149 Å². The number of hydrogen-bond acceptors (Lipinski definition) is 7. The largest absolute Gasteiger partial charge is 0.492 e. The van der Waals surface area contributed by atoms with Crippen LogP contribution in [0.25, 0.3) is 16.8 Å². The number of benzene rings is 1. The van der Waals surface area contributed by atoms with Crippen LogP contribution in [0.1, 0.15) is 0 Å². The Morgan fingerprint density at radius 2 is 2.00 bits per heavy atom. The van der Waals surface area contributed by atoms with Gasteiger partial charge in [-0.25, -0.2) is 9.78 Å². The molecule has 0 atom stereocenters. The topological polar surface area (TPSA) is 84.8 Å². The Hall–Kier alpha value is -2.52. The quantitative estimate of drug-likeness (QED) is 0.644. The molecule has 8 nitrogen and oxygen atoms in total. The monoisotopic (exact) mass is 361 g/mol. The number of aromatic nitrogens is 4. The molecule has 25 heavy (non-hydrogen) atoms. The third-order valence-electron chi connectivity index (χ3n) is 3.60. The lowest BCUT2D eigenvalue weighted by Gasteiger charge is -2.11. The zero-order valence-corrected chi connectivity index (χ0v) is 15.1. The van der Waals surface area contributed by atoms with E-state index in [4.69, 9.17) is 9.47 Å². The van der Waals surface area contributed by atoms with Gasteiger partial charge in [0.05, 0.1) is 12.7 Å². The lowest BCUT2D eigenvalue weighted by molar-refractivity contribution is 0.261. The van der Waals surface area contributed by atoms with E-state index in [1.165, 1.54) is 7.11 Å². The first kappa shape index (κ1) is 17.3. The van der Waals surface area contributed by atoms with Crippen LogP contribution >= 0.6 is 12.6 Å². The third kappa shape index (κ3) is 3.62. The van der Waals surface area contributed by atoms with Crippen LogP contribution in [0, 0.1) is 0 Å². The minimum Gasteiger partial charge on any atom is -0.492 e. The van der Waals surface area contributed by atoms with E-state index in [0.29, 0.717) is 23.7 Å². The highest BCUT2D eigenvalue weighted by Gasteiger charge is 2.19. The van der Waals surface area contributed by atoms with Crippen molar-refractivity contribution in [2.45, 2.75) is 5.16 Å². The summed E-state index contributed by atoms with van der Waals surface area (Å²) in [6.45, 7) is 1.44. The SMILES string of the molecule is COc1nn2c(=O)[nH]c(S)nc2c1-c1ccc(OCCN(C)C)cc1. The fraction of sp³-hybridized carbons (Fsp3) is 0.312. The molecule has 0 fully saturated rings. The molecule has 132 valence electrons. The molecule has 0 amide bonds. The fourth-order valence-corrected chi connectivity index (χ4v) is 2.56. The van der Waals surface area contributed by atoms with Crippen LogP contribution in [0.15, 0.2) is 34.2 Å². The Morgan fingerprint density at radius 1 is 1.28 bits per heavy atom. The highest BCUT2D eigenvalue weighted by Crippen LogP contribution is 2.33. The summed E-state index contributed by atoms with van der Waals surface area (Å²) in [5.41, 5.74) is 1.40. The number of nitrogens with zero attached hydrogens (tertiary/aromatic N) is 4. The molecular formula is C16H19N5O3S. The average Bonchev–Trinajstić information content (AvgIpc) is 2.94. The molecule has 0 saturated carbocycles. The van der Waals surface area contributed by atoms with Gasteiger partial charge in [0.15, 0.2) is 10.8 Å². The van der Waals surface area contributed by atoms with Crippen molar-refractivity contribution < 1.29 is 9.47 Å². The number of methoxy groups -OCH3 is 1. The second kappa shape index (κ2) is 7.16. The van der Waals surface area contributed by atoms with E-state index in [9.17, 15) is 4.79 Å². The maximum atomic E-state index is 12.0. The van der Waals surface area contributed by atoms with Crippen molar-refractivity contribution in [3.63, 3.8) is 0 Å². The molecule has 0 bridgehead atoms. The molecule has 0 spiro atoms. The molecular weight excluding hydrogens is 342 g/mol. The van der Waals surface area contributed by atoms with Crippen LogP contribution in [0.4, 0.5) is 0 Å². The molecule has 9 heteroatoms. The molecule has 0 unspecified atom stereocenters. The van der Waals surface area contributed by atoms with Crippen LogP contribution in [-0.2, 0) is 0 Å². The van der Waals surface area contributed by atoms with Crippen molar-refractivity contribution in [1.29, 1.82) is 0 Å². The number of likely N-dealkylation sites (N-methyl/N-ethyl adjacent to an activating group) is 1. The standard InChI is InChI=1S/C16H19N5O3S/c1-20(2)8-9-24-11-6-4-10(5-7-11)12-13-17-15(25)18-16(22)21(13)19-14(12)23-3/h4-7H,8-9H2,1-3H3,(H2,17,18,22,25). The molecule has 0 aliphatic rings. The maximum Gasteiger partial charge on any atom is 0.350 e. The van der Waals surface area contributed by atoms with Gasteiger partial charge in [-0.1, -0.05) is 12.1 Å². The molecule has 3 aromatic rings. The molecule has 0 aliphatic heterocycles. The van der Waals surface area contributed by atoms with E-state index in [-0.39, 0.29) is 5.16 Å². The lowest BCUT2D eigenvalue weighted by atomic mass is 10.1. The first-order valence-corrected chi connectivity index (χ1v) is 8.08. The number of ether oxygens (including phenoxy) is 2. The molecule has 2 heterocycles. The van der Waals surface area contributed by atoms with E-state index in [2.05, 4.69) is 32.6 Å². The minimum absolute atomic E-state index is 0.213. The van der Waals surface area contributed by atoms with Crippen molar-refractivity contribution in [2.24, 2.45) is 0 Å². The highest BCUT2D eigenvalue weighted by atomic mass is 32.1. The second-order valence-electron chi connectivity index (χ2n) is 5.66. The molecule has 3 rings (SSSR count). The normalized spacial score (nSPS) is 11.2. The zero-order valence-electron chi connectivity index (χ0n) is 14.2. The summed E-state index contributed by atoms with van der Waals surface area (Å²) in [6.07, 6.45) is 0. The predicted octanol–water partition coefficient (Wildman–Crippen LogP) is 1.32. The lowest BCUT2D eigenvalue weighted by Crippen LogP contribution is -2.19. The van der Waals surface area contributed by atoms with Crippen LogP contribution in [0.5, 0.6) is 11.6 Å². The average molecular weight is 361 g/mol. The van der Waals surface area contributed by atoms with Gasteiger partial charge in [-0.05, 0) is 31.8 Å². The van der Waals surface area contributed by atoms with Gasteiger partial charge >= 0.3 is 5.69 Å². The summed E-state index contributed by atoms with van der Waals surface area (Å²) in [4.78, 5) is 20.8. The van der Waals surface area contributed by atoms with E-state index in [0.717, 1.165) is 22.4 Å². The van der Waals surface area contributed by atoms with Gasteiger partial charge in [-0.2, -0.15) is 4.52 Å². The Kier molecular flexibility index (Phi) is 4.95. The summed E-state index contributed by atoms with van der Waals surface area (Å²) >= 11 is 4.13. The Bertz CT molecular complexity index is 933. The number of thiol groups is 1. The van der Waals surface area contributed by atoms with Crippen molar-refractivity contribution in [3.05, 3.63) is 34.7 Å². The summed E-state index contributed by atoms with van der Waals surface area (Å²) in [7, 11) is 5.49.